The number of amidine groups is 1. The van der Waals surface area contributed by atoms with Gasteiger partial charge in [0.2, 0.25) is 5.91 Å². The molecule has 110 valence electrons. The maximum Gasteiger partial charge on any atom is 0.264 e. The summed E-state index contributed by atoms with van der Waals surface area (Å²) in [5.41, 5.74) is 6.42. The van der Waals surface area contributed by atoms with Crippen molar-refractivity contribution in [2.75, 3.05) is 0 Å². The fourth-order valence-electron chi connectivity index (χ4n) is 1.96. The topological polar surface area (TPSA) is 109 Å². The third-order valence-electron chi connectivity index (χ3n) is 3.02. The van der Waals surface area contributed by atoms with Gasteiger partial charge in [-0.25, -0.2) is 0 Å². The normalized spacial score (nSPS) is 16.1. The lowest BCUT2D eigenvalue weighted by atomic mass is 10.1. The number of nitrogens with one attached hydrogen (secondary N) is 2. The molecule has 2 heterocycles. The van der Waals surface area contributed by atoms with Gasteiger partial charge in [0, 0.05) is 17.2 Å². The van der Waals surface area contributed by atoms with Crippen LogP contribution in [-0.2, 0) is 4.79 Å². The second kappa shape index (κ2) is 5.53. The minimum Gasteiger partial charge on any atom is -0.457 e. The summed E-state index contributed by atoms with van der Waals surface area (Å²) < 4.78 is 5.66. The second-order valence-corrected chi connectivity index (χ2v) is 5.59. The zero-order valence-electron chi connectivity index (χ0n) is 11.3. The summed E-state index contributed by atoms with van der Waals surface area (Å²) in [4.78, 5) is 23.0. The van der Waals surface area contributed by atoms with Crippen molar-refractivity contribution in [1.82, 2.24) is 5.32 Å². The first-order valence-corrected chi connectivity index (χ1v) is 7.14. The highest BCUT2D eigenvalue weighted by molar-refractivity contribution is 8.18. The van der Waals surface area contributed by atoms with Crippen LogP contribution < -0.4 is 11.1 Å². The van der Waals surface area contributed by atoms with Crippen LogP contribution in [0.25, 0.3) is 17.4 Å². The Balaban J connectivity index is 1.85. The fraction of sp³-hybridized carbons (Fsp3) is 0. The number of primary amides is 1. The third kappa shape index (κ3) is 2.79. The number of hydrogen-bond acceptors (Lipinski definition) is 5. The van der Waals surface area contributed by atoms with E-state index in [2.05, 4.69) is 5.32 Å². The number of thioether (sulfide) groups is 1. The molecule has 0 saturated carbocycles. The molecule has 1 saturated heterocycles. The van der Waals surface area contributed by atoms with Crippen molar-refractivity contribution in [2.24, 2.45) is 5.73 Å². The number of amides is 2. The van der Waals surface area contributed by atoms with E-state index in [4.69, 9.17) is 15.6 Å². The lowest BCUT2D eigenvalue weighted by molar-refractivity contribution is -0.115. The highest BCUT2D eigenvalue weighted by Gasteiger charge is 2.22. The van der Waals surface area contributed by atoms with Gasteiger partial charge in [0.05, 0.1) is 4.91 Å². The van der Waals surface area contributed by atoms with Crippen LogP contribution in [0, 0.1) is 5.41 Å². The Kier molecular flexibility index (Phi) is 3.56. The van der Waals surface area contributed by atoms with Crippen LogP contribution in [0.5, 0.6) is 0 Å². The smallest absolute Gasteiger partial charge is 0.264 e. The van der Waals surface area contributed by atoms with Gasteiger partial charge in [0.1, 0.15) is 11.5 Å². The van der Waals surface area contributed by atoms with Gasteiger partial charge < -0.3 is 15.5 Å². The number of furan rings is 1. The quantitative estimate of drug-likeness (QED) is 0.754. The molecule has 0 radical (unpaired) electrons. The van der Waals surface area contributed by atoms with E-state index in [-0.39, 0.29) is 11.1 Å². The molecule has 1 aliphatic rings. The Morgan fingerprint density at radius 3 is 2.55 bits per heavy atom. The van der Waals surface area contributed by atoms with Gasteiger partial charge in [-0.1, -0.05) is 12.1 Å². The van der Waals surface area contributed by atoms with E-state index >= 15 is 0 Å². The summed E-state index contributed by atoms with van der Waals surface area (Å²) in [5, 5.41) is 9.89. The van der Waals surface area contributed by atoms with Crippen molar-refractivity contribution >= 4 is 34.8 Å². The lowest BCUT2D eigenvalue weighted by Gasteiger charge is -1.98. The molecule has 22 heavy (non-hydrogen) atoms. The van der Waals surface area contributed by atoms with Crippen molar-refractivity contribution in [3.05, 3.63) is 52.6 Å². The summed E-state index contributed by atoms with van der Waals surface area (Å²) in [7, 11) is 0. The van der Waals surface area contributed by atoms with E-state index in [1.54, 1.807) is 42.5 Å². The van der Waals surface area contributed by atoms with E-state index in [9.17, 15) is 9.59 Å². The first-order valence-electron chi connectivity index (χ1n) is 6.32. The Labute approximate surface area is 129 Å². The van der Waals surface area contributed by atoms with Crippen LogP contribution in [0.15, 0.2) is 45.7 Å². The summed E-state index contributed by atoms with van der Waals surface area (Å²) in [6.07, 6.45) is 1.59. The van der Waals surface area contributed by atoms with Gasteiger partial charge in [0.25, 0.3) is 5.91 Å². The van der Waals surface area contributed by atoms with Gasteiger partial charge in [-0.15, -0.1) is 0 Å². The fourth-order valence-corrected chi connectivity index (χ4v) is 2.64. The minimum atomic E-state index is -0.483. The Morgan fingerprint density at radius 2 is 1.95 bits per heavy atom. The molecule has 1 fully saturated rings. The zero-order chi connectivity index (χ0) is 15.7. The maximum atomic E-state index is 11.5. The van der Waals surface area contributed by atoms with Gasteiger partial charge in [-0.3, -0.25) is 15.0 Å². The van der Waals surface area contributed by atoms with Crippen molar-refractivity contribution in [3.63, 3.8) is 0 Å². The van der Waals surface area contributed by atoms with Crippen molar-refractivity contribution in [2.45, 2.75) is 0 Å². The van der Waals surface area contributed by atoms with Crippen LogP contribution in [-0.4, -0.2) is 17.0 Å². The predicted octanol–water partition coefficient (Wildman–Crippen LogP) is 2.18. The van der Waals surface area contributed by atoms with Crippen LogP contribution in [0.3, 0.4) is 0 Å². The van der Waals surface area contributed by atoms with Crippen LogP contribution >= 0.6 is 11.8 Å². The van der Waals surface area contributed by atoms with Gasteiger partial charge in [-0.2, -0.15) is 0 Å². The lowest BCUT2D eigenvalue weighted by Crippen LogP contribution is -2.18. The van der Waals surface area contributed by atoms with E-state index in [1.807, 2.05) is 0 Å². The first kappa shape index (κ1) is 14.2. The average Bonchev–Trinajstić information content (AvgIpc) is 3.06. The number of nitrogens with two attached hydrogens (primary N) is 1. The molecule has 0 atom stereocenters. The highest BCUT2D eigenvalue weighted by Crippen LogP contribution is 2.28. The molecule has 0 unspecified atom stereocenters. The number of rotatable bonds is 3. The molecule has 1 aromatic heterocycles. The average molecular weight is 313 g/mol. The number of benzene rings is 1. The summed E-state index contributed by atoms with van der Waals surface area (Å²) >= 11 is 1.05. The van der Waals surface area contributed by atoms with Gasteiger partial charge in [-0.05, 0) is 36.0 Å². The largest absolute Gasteiger partial charge is 0.457 e. The van der Waals surface area contributed by atoms with E-state index in [0.717, 1.165) is 17.3 Å². The number of carbonyl (C=O) groups is 2. The molecule has 6 nitrogen and oxygen atoms in total. The first-order chi connectivity index (χ1) is 10.5. The molecule has 3 rings (SSSR count). The van der Waals surface area contributed by atoms with Crippen LogP contribution in [0.1, 0.15) is 16.1 Å². The highest BCUT2D eigenvalue weighted by atomic mass is 32.2. The second-order valence-electron chi connectivity index (χ2n) is 4.54. The van der Waals surface area contributed by atoms with Gasteiger partial charge in [0.15, 0.2) is 5.17 Å². The van der Waals surface area contributed by atoms with Crippen LogP contribution in [0.4, 0.5) is 0 Å². The number of hydrogen-bond donors (Lipinski definition) is 3. The van der Waals surface area contributed by atoms with Crippen molar-refractivity contribution in [3.8, 4) is 11.3 Å². The standard InChI is InChI=1S/C15H11N3O3S/c16-13(19)9-3-1-8(2-4-9)11-6-5-10(21-11)7-12-14(20)18-15(17)22-12/h1-7H,(H2,16,19)(H2,17,18,20)/b12-7-. The summed E-state index contributed by atoms with van der Waals surface area (Å²) in [5.74, 6) is 0.338. The molecule has 7 heteroatoms. The van der Waals surface area contributed by atoms with Gasteiger partial charge >= 0.3 is 0 Å². The molecule has 0 aliphatic carbocycles. The SMILES string of the molecule is N=C1NC(=O)/C(=C/c2ccc(-c3ccc(C(N)=O)cc3)o2)S1. The van der Waals surface area contributed by atoms with E-state index in [0.29, 0.717) is 22.0 Å². The summed E-state index contributed by atoms with van der Waals surface area (Å²) in [6.45, 7) is 0. The summed E-state index contributed by atoms with van der Waals surface area (Å²) in [6, 6.07) is 10.2. The third-order valence-corrected chi connectivity index (χ3v) is 3.85. The van der Waals surface area contributed by atoms with Crippen LogP contribution in [0.2, 0.25) is 0 Å². The Bertz CT molecular complexity index is 806. The zero-order valence-corrected chi connectivity index (χ0v) is 12.1. The van der Waals surface area contributed by atoms with Crippen molar-refractivity contribution < 1.29 is 14.0 Å². The Morgan fingerprint density at radius 1 is 1.23 bits per heavy atom. The predicted molar refractivity (Wildman–Crippen MR) is 84.1 cm³/mol. The molecule has 1 aliphatic heterocycles. The number of carbonyl (C=O) groups excluding carboxylic acids is 2. The molecule has 0 spiro atoms. The van der Waals surface area contributed by atoms with E-state index in [1.165, 1.54) is 0 Å². The van der Waals surface area contributed by atoms with E-state index < -0.39 is 5.91 Å². The molecule has 4 N–H and O–H groups in total. The molecule has 2 aromatic rings. The molecule has 0 bridgehead atoms. The molecular formula is C15H11N3O3S. The maximum absolute atomic E-state index is 11.5. The molecule has 1 aromatic carbocycles. The molecular weight excluding hydrogens is 302 g/mol. The Hall–Kier alpha value is -2.80. The minimum absolute atomic E-state index is 0.102. The molecule has 2 amide bonds. The monoisotopic (exact) mass is 313 g/mol. The van der Waals surface area contributed by atoms with Crippen molar-refractivity contribution in [1.29, 1.82) is 5.41 Å².